The maximum Gasteiger partial charge on any atom is 0.274 e. The highest BCUT2D eigenvalue weighted by Crippen LogP contribution is 2.23. The molecule has 0 bridgehead atoms. The number of hydrogen-bond acceptors (Lipinski definition) is 5. The van der Waals surface area contributed by atoms with Crippen LogP contribution in [0.2, 0.25) is 0 Å². The minimum Gasteiger partial charge on any atom is -0.268 e. The summed E-state index contributed by atoms with van der Waals surface area (Å²) in [5, 5.41) is 10.4. The zero-order chi connectivity index (χ0) is 21.6. The van der Waals surface area contributed by atoms with Crippen molar-refractivity contribution in [3.63, 3.8) is 0 Å². The number of rotatable bonds is 4. The Labute approximate surface area is 178 Å². The maximum absolute atomic E-state index is 13.0. The van der Waals surface area contributed by atoms with Gasteiger partial charge in [0.15, 0.2) is 0 Å². The monoisotopic (exact) mass is 430 g/mol. The number of aryl methyl sites for hydroxylation is 1. The van der Waals surface area contributed by atoms with E-state index in [1.54, 1.807) is 47.3 Å². The van der Waals surface area contributed by atoms with E-state index in [9.17, 15) is 13.2 Å². The van der Waals surface area contributed by atoms with E-state index in [-0.39, 0.29) is 15.4 Å². The summed E-state index contributed by atoms with van der Waals surface area (Å²) in [4.78, 5) is 13.3. The molecule has 31 heavy (non-hydrogen) atoms. The topological polar surface area (TPSA) is 86.8 Å². The average Bonchev–Trinajstić information content (AvgIpc) is 3.16. The molecule has 0 aliphatic heterocycles. The van der Waals surface area contributed by atoms with Gasteiger partial charge < -0.3 is 0 Å². The predicted molar refractivity (Wildman–Crippen MR) is 118 cm³/mol. The zero-order valence-corrected chi connectivity index (χ0v) is 17.5. The molecule has 0 amide bonds. The van der Waals surface area contributed by atoms with Crippen LogP contribution in [0.5, 0.6) is 0 Å². The summed E-state index contributed by atoms with van der Waals surface area (Å²) < 4.78 is 28.9. The normalized spacial score (nSPS) is 11.9. The van der Waals surface area contributed by atoms with Gasteiger partial charge in [0.2, 0.25) is 9.84 Å². The second kappa shape index (κ2) is 7.17. The number of sulfone groups is 1. The van der Waals surface area contributed by atoms with Crippen molar-refractivity contribution in [3.8, 4) is 0 Å². The molecule has 0 unspecified atom stereocenters. The first-order chi connectivity index (χ1) is 14.9. The molecule has 0 aliphatic rings. The van der Waals surface area contributed by atoms with Crippen molar-refractivity contribution in [3.05, 3.63) is 95.0 Å². The molecule has 0 aliphatic carbocycles. The molecular formula is C23H18N4O3S. The van der Waals surface area contributed by atoms with E-state index in [2.05, 4.69) is 10.2 Å². The van der Waals surface area contributed by atoms with Crippen molar-refractivity contribution >= 4 is 31.5 Å². The van der Waals surface area contributed by atoms with Crippen LogP contribution >= 0.6 is 0 Å². The molecule has 7 nitrogen and oxygen atoms in total. The van der Waals surface area contributed by atoms with E-state index in [0.29, 0.717) is 17.3 Å². The number of benzene rings is 3. The molecule has 0 N–H and O–H groups in total. The Balaban J connectivity index is 1.53. The molecule has 8 heteroatoms. The third-order valence-corrected chi connectivity index (χ3v) is 7.10. The Bertz CT molecular complexity index is 1600. The van der Waals surface area contributed by atoms with E-state index < -0.39 is 9.84 Å². The van der Waals surface area contributed by atoms with Gasteiger partial charge in [0.1, 0.15) is 0 Å². The minimum atomic E-state index is -3.67. The number of aromatic nitrogens is 4. The van der Waals surface area contributed by atoms with Crippen molar-refractivity contribution in [2.24, 2.45) is 7.05 Å². The van der Waals surface area contributed by atoms with Gasteiger partial charge >= 0.3 is 0 Å². The Morgan fingerprint density at radius 3 is 2.42 bits per heavy atom. The molecular weight excluding hydrogens is 412 g/mol. The van der Waals surface area contributed by atoms with Crippen LogP contribution in [0.1, 0.15) is 5.56 Å². The van der Waals surface area contributed by atoms with Gasteiger partial charge in [-0.3, -0.25) is 9.48 Å². The van der Waals surface area contributed by atoms with Crippen molar-refractivity contribution in [2.75, 3.05) is 0 Å². The molecule has 0 fully saturated rings. The summed E-state index contributed by atoms with van der Waals surface area (Å²) in [5.41, 5.74) is 1.63. The van der Waals surface area contributed by atoms with Crippen molar-refractivity contribution in [1.29, 1.82) is 0 Å². The molecule has 2 aromatic heterocycles. The summed E-state index contributed by atoms with van der Waals surface area (Å²) in [6.45, 7) is 0.306. The lowest BCUT2D eigenvalue weighted by molar-refractivity contribution is 0.596. The lowest BCUT2D eigenvalue weighted by Crippen LogP contribution is -2.23. The zero-order valence-electron chi connectivity index (χ0n) is 16.6. The van der Waals surface area contributed by atoms with E-state index in [1.807, 2.05) is 25.2 Å². The highest BCUT2D eigenvalue weighted by Gasteiger charge is 2.18. The van der Waals surface area contributed by atoms with Gasteiger partial charge in [0.05, 0.1) is 39.6 Å². The molecule has 0 atom stereocenters. The fraction of sp³-hybridized carbons (Fsp3) is 0.0870. The summed E-state index contributed by atoms with van der Waals surface area (Å²) in [6, 6.07) is 18.6. The highest BCUT2D eigenvalue weighted by atomic mass is 32.2. The minimum absolute atomic E-state index is 0.131. The van der Waals surface area contributed by atoms with Gasteiger partial charge in [-0.25, -0.2) is 13.1 Å². The molecule has 0 radical (unpaired) electrons. The van der Waals surface area contributed by atoms with Crippen LogP contribution in [0.15, 0.2) is 93.7 Å². The summed E-state index contributed by atoms with van der Waals surface area (Å²) >= 11 is 0. The third-order valence-electron chi connectivity index (χ3n) is 5.33. The van der Waals surface area contributed by atoms with Gasteiger partial charge in [-0.1, -0.05) is 30.3 Å². The average molecular weight is 430 g/mol. The van der Waals surface area contributed by atoms with Crippen molar-refractivity contribution in [1.82, 2.24) is 19.6 Å². The lowest BCUT2D eigenvalue weighted by atomic mass is 10.1. The van der Waals surface area contributed by atoms with Gasteiger partial charge in [0, 0.05) is 17.8 Å². The van der Waals surface area contributed by atoms with Crippen LogP contribution in [-0.4, -0.2) is 28.0 Å². The van der Waals surface area contributed by atoms with E-state index >= 15 is 0 Å². The van der Waals surface area contributed by atoms with Crippen LogP contribution < -0.4 is 5.56 Å². The van der Waals surface area contributed by atoms with Gasteiger partial charge in [-0.15, -0.1) is 0 Å². The van der Waals surface area contributed by atoms with Crippen molar-refractivity contribution < 1.29 is 8.42 Å². The quantitative estimate of drug-likeness (QED) is 0.437. The Morgan fingerprint density at radius 2 is 1.61 bits per heavy atom. The van der Waals surface area contributed by atoms with Crippen LogP contribution in [0, 0.1) is 0 Å². The second-order valence-corrected chi connectivity index (χ2v) is 9.28. The first kappa shape index (κ1) is 19.2. The molecule has 3 aromatic carbocycles. The highest BCUT2D eigenvalue weighted by molar-refractivity contribution is 7.91. The van der Waals surface area contributed by atoms with Crippen LogP contribution in [0.4, 0.5) is 0 Å². The first-order valence-electron chi connectivity index (χ1n) is 9.64. The smallest absolute Gasteiger partial charge is 0.268 e. The maximum atomic E-state index is 13.0. The van der Waals surface area contributed by atoms with Gasteiger partial charge in [0.25, 0.3) is 5.56 Å². The van der Waals surface area contributed by atoms with Crippen LogP contribution in [-0.2, 0) is 23.4 Å². The standard InChI is InChI=1S/C23H18N4O3S/c1-26-22-11-16(7-8-17(22)13-24-26)15-27-23(28)21-10-9-20(12-18(21)14-25-27)31(29,30)19-5-3-2-4-6-19/h2-14H,15H2,1H3. The molecule has 0 saturated carbocycles. The van der Waals surface area contributed by atoms with Gasteiger partial charge in [-0.2, -0.15) is 10.2 Å². The van der Waals surface area contributed by atoms with E-state index in [1.165, 1.54) is 23.0 Å². The number of nitrogens with zero attached hydrogens (tertiary/aromatic N) is 4. The predicted octanol–water partition coefficient (Wildman–Crippen LogP) is 3.16. The fourth-order valence-electron chi connectivity index (χ4n) is 3.64. The Morgan fingerprint density at radius 1 is 0.839 bits per heavy atom. The molecule has 0 spiro atoms. The lowest BCUT2D eigenvalue weighted by Gasteiger charge is -2.09. The largest absolute Gasteiger partial charge is 0.274 e. The van der Waals surface area contributed by atoms with E-state index in [4.69, 9.17) is 0 Å². The molecule has 154 valence electrons. The number of fused-ring (bicyclic) bond motifs is 2. The molecule has 0 saturated heterocycles. The second-order valence-electron chi connectivity index (χ2n) is 7.33. The molecule has 5 rings (SSSR count). The third kappa shape index (κ3) is 3.30. The number of hydrogen-bond donors (Lipinski definition) is 0. The van der Waals surface area contributed by atoms with Crippen LogP contribution in [0.3, 0.4) is 0 Å². The molecule has 2 heterocycles. The van der Waals surface area contributed by atoms with E-state index in [0.717, 1.165) is 16.5 Å². The SMILES string of the molecule is Cn1ncc2ccc(Cn3ncc4cc(S(=O)(=O)c5ccccc5)ccc4c3=O)cc21. The molecule has 5 aromatic rings. The van der Waals surface area contributed by atoms with Crippen molar-refractivity contribution in [2.45, 2.75) is 16.3 Å². The fourth-order valence-corrected chi connectivity index (χ4v) is 4.96. The summed E-state index contributed by atoms with van der Waals surface area (Å²) in [5.74, 6) is 0. The first-order valence-corrected chi connectivity index (χ1v) is 11.1. The summed E-state index contributed by atoms with van der Waals surface area (Å²) in [7, 11) is -1.80. The van der Waals surface area contributed by atoms with Gasteiger partial charge in [-0.05, 0) is 42.0 Å². The Kier molecular flexibility index (Phi) is 4.44. The van der Waals surface area contributed by atoms with Crippen LogP contribution in [0.25, 0.3) is 21.7 Å². The Hall–Kier alpha value is -3.78. The summed E-state index contributed by atoms with van der Waals surface area (Å²) in [6.07, 6.45) is 3.32.